The largest absolute Gasteiger partial charge is 0.469 e. The summed E-state index contributed by atoms with van der Waals surface area (Å²) in [4.78, 5) is 28.2. The number of rotatable bonds is 3. The predicted octanol–water partition coefficient (Wildman–Crippen LogP) is 2.45. The van der Waals surface area contributed by atoms with E-state index in [1.54, 1.807) is 4.90 Å². The highest BCUT2D eigenvalue weighted by molar-refractivity contribution is 6.01. The maximum absolute atomic E-state index is 12.4. The highest BCUT2D eigenvalue weighted by Gasteiger charge is 2.37. The zero-order chi connectivity index (χ0) is 16.4. The van der Waals surface area contributed by atoms with E-state index in [9.17, 15) is 9.59 Å². The van der Waals surface area contributed by atoms with Crippen molar-refractivity contribution in [2.75, 3.05) is 36.5 Å². The second-order valence-electron chi connectivity index (χ2n) is 6.59. The number of hydrogen-bond acceptors (Lipinski definition) is 4. The van der Waals surface area contributed by atoms with E-state index in [2.05, 4.69) is 17.9 Å². The summed E-state index contributed by atoms with van der Waals surface area (Å²) < 4.78 is 4.80. The van der Waals surface area contributed by atoms with Crippen molar-refractivity contribution in [3.8, 4) is 0 Å². The Morgan fingerprint density at radius 1 is 1.17 bits per heavy atom. The monoisotopic (exact) mass is 316 g/mol. The predicted molar refractivity (Wildman–Crippen MR) is 89.5 cm³/mol. The topological polar surface area (TPSA) is 49.9 Å². The van der Waals surface area contributed by atoms with Crippen LogP contribution >= 0.6 is 0 Å². The second-order valence-corrected chi connectivity index (χ2v) is 6.59. The smallest absolute Gasteiger partial charge is 0.311 e. The van der Waals surface area contributed by atoms with Gasteiger partial charge in [0.1, 0.15) is 0 Å². The SMILES string of the molecule is COC(=O)[C@H]1CC(=O)N(c2ccccc2N2CCC(C)CC2)C1. The fourth-order valence-electron chi connectivity index (χ4n) is 3.47. The summed E-state index contributed by atoms with van der Waals surface area (Å²) in [6.45, 7) is 4.72. The lowest BCUT2D eigenvalue weighted by Crippen LogP contribution is -2.35. The van der Waals surface area contributed by atoms with Gasteiger partial charge in [-0.05, 0) is 30.9 Å². The maximum atomic E-state index is 12.4. The van der Waals surface area contributed by atoms with Crippen molar-refractivity contribution in [2.45, 2.75) is 26.2 Å². The molecule has 2 saturated heterocycles. The molecule has 5 nitrogen and oxygen atoms in total. The van der Waals surface area contributed by atoms with E-state index >= 15 is 0 Å². The molecule has 0 aliphatic carbocycles. The Balaban J connectivity index is 1.83. The summed E-state index contributed by atoms with van der Waals surface area (Å²) in [5, 5.41) is 0. The molecule has 2 aliphatic heterocycles. The Labute approximate surface area is 137 Å². The molecule has 2 heterocycles. The Morgan fingerprint density at radius 3 is 2.48 bits per heavy atom. The van der Waals surface area contributed by atoms with Gasteiger partial charge in [-0.15, -0.1) is 0 Å². The van der Waals surface area contributed by atoms with Gasteiger partial charge >= 0.3 is 5.97 Å². The molecule has 23 heavy (non-hydrogen) atoms. The standard InChI is InChI=1S/C18H24N2O3/c1-13-7-9-19(10-8-13)15-5-3-4-6-16(15)20-12-14(11-17(20)21)18(22)23-2/h3-6,13-14H,7-12H2,1-2H3/t14-/m0/s1. The van der Waals surface area contributed by atoms with Crippen LogP contribution in [0.2, 0.25) is 0 Å². The summed E-state index contributed by atoms with van der Waals surface area (Å²) in [5.74, 6) is 0.0980. The fraction of sp³-hybridized carbons (Fsp3) is 0.556. The third kappa shape index (κ3) is 3.19. The van der Waals surface area contributed by atoms with Crippen LogP contribution in [0.3, 0.4) is 0 Å². The summed E-state index contributed by atoms with van der Waals surface area (Å²) in [6, 6.07) is 8.01. The van der Waals surface area contributed by atoms with Gasteiger partial charge in [0.2, 0.25) is 5.91 Å². The van der Waals surface area contributed by atoms with Crippen molar-refractivity contribution in [1.82, 2.24) is 0 Å². The number of nitrogens with zero attached hydrogens (tertiary/aromatic N) is 2. The molecule has 1 aromatic rings. The molecule has 3 rings (SSSR count). The number of anilines is 2. The molecule has 1 amide bonds. The lowest BCUT2D eigenvalue weighted by Gasteiger charge is -2.34. The van der Waals surface area contributed by atoms with E-state index in [0.29, 0.717) is 6.54 Å². The fourth-order valence-corrected chi connectivity index (χ4v) is 3.47. The van der Waals surface area contributed by atoms with Crippen LogP contribution in [0.5, 0.6) is 0 Å². The van der Waals surface area contributed by atoms with Crippen LogP contribution in [0, 0.1) is 11.8 Å². The van der Waals surface area contributed by atoms with Gasteiger partial charge in [0.05, 0.1) is 24.4 Å². The average Bonchev–Trinajstić information content (AvgIpc) is 2.96. The number of benzene rings is 1. The number of hydrogen-bond donors (Lipinski definition) is 0. The van der Waals surface area contributed by atoms with E-state index in [0.717, 1.165) is 30.4 Å². The van der Waals surface area contributed by atoms with Crippen molar-refractivity contribution in [3.63, 3.8) is 0 Å². The number of para-hydroxylation sites is 2. The van der Waals surface area contributed by atoms with Crippen molar-refractivity contribution < 1.29 is 14.3 Å². The molecule has 0 N–H and O–H groups in total. The number of carbonyl (C=O) groups excluding carboxylic acids is 2. The molecule has 5 heteroatoms. The van der Waals surface area contributed by atoms with Crippen molar-refractivity contribution in [3.05, 3.63) is 24.3 Å². The summed E-state index contributed by atoms with van der Waals surface area (Å²) >= 11 is 0. The van der Waals surface area contributed by atoms with Crippen LogP contribution in [0.4, 0.5) is 11.4 Å². The first-order chi connectivity index (χ1) is 11.1. The summed E-state index contributed by atoms with van der Waals surface area (Å²) in [5.41, 5.74) is 2.01. The third-order valence-corrected chi connectivity index (χ3v) is 4.96. The summed E-state index contributed by atoms with van der Waals surface area (Å²) in [7, 11) is 1.37. The molecule has 0 unspecified atom stereocenters. The number of amides is 1. The minimum Gasteiger partial charge on any atom is -0.469 e. The van der Waals surface area contributed by atoms with Gasteiger partial charge in [0.25, 0.3) is 0 Å². The molecule has 0 spiro atoms. The van der Waals surface area contributed by atoms with Gasteiger partial charge in [0.15, 0.2) is 0 Å². The Bertz CT molecular complexity index is 594. The second kappa shape index (κ2) is 6.60. The maximum Gasteiger partial charge on any atom is 0.311 e. The minimum absolute atomic E-state index is 0.00164. The van der Waals surface area contributed by atoms with Gasteiger partial charge in [-0.1, -0.05) is 19.1 Å². The molecule has 1 atom stereocenters. The molecule has 1 aromatic carbocycles. The van der Waals surface area contributed by atoms with Crippen LogP contribution in [-0.4, -0.2) is 38.6 Å². The highest BCUT2D eigenvalue weighted by atomic mass is 16.5. The lowest BCUT2D eigenvalue weighted by atomic mass is 9.98. The molecule has 0 bridgehead atoms. The Morgan fingerprint density at radius 2 is 1.83 bits per heavy atom. The number of ether oxygens (including phenoxy) is 1. The van der Waals surface area contributed by atoms with Gasteiger partial charge < -0.3 is 14.5 Å². The van der Waals surface area contributed by atoms with Crippen molar-refractivity contribution in [1.29, 1.82) is 0 Å². The zero-order valence-corrected chi connectivity index (χ0v) is 13.8. The molecule has 2 aliphatic rings. The van der Waals surface area contributed by atoms with Gasteiger partial charge in [-0.2, -0.15) is 0 Å². The van der Waals surface area contributed by atoms with E-state index in [1.165, 1.54) is 20.0 Å². The first-order valence-electron chi connectivity index (χ1n) is 8.32. The van der Waals surface area contributed by atoms with E-state index in [-0.39, 0.29) is 24.2 Å². The van der Waals surface area contributed by atoms with E-state index in [1.807, 2.05) is 18.2 Å². The number of esters is 1. The summed E-state index contributed by atoms with van der Waals surface area (Å²) in [6.07, 6.45) is 2.58. The van der Waals surface area contributed by atoms with Crippen LogP contribution in [0.1, 0.15) is 26.2 Å². The average molecular weight is 316 g/mol. The molecule has 0 saturated carbocycles. The van der Waals surface area contributed by atoms with Gasteiger partial charge in [0, 0.05) is 26.1 Å². The van der Waals surface area contributed by atoms with E-state index in [4.69, 9.17) is 4.74 Å². The van der Waals surface area contributed by atoms with Crippen molar-refractivity contribution >= 4 is 23.3 Å². The highest BCUT2D eigenvalue weighted by Crippen LogP contribution is 2.35. The lowest BCUT2D eigenvalue weighted by molar-refractivity contribution is -0.145. The van der Waals surface area contributed by atoms with Crippen LogP contribution < -0.4 is 9.80 Å². The van der Waals surface area contributed by atoms with Crippen LogP contribution in [0.15, 0.2) is 24.3 Å². The van der Waals surface area contributed by atoms with Crippen LogP contribution in [-0.2, 0) is 14.3 Å². The first-order valence-corrected chi connectivity index (χ1v) is 8.32. The quantitative estimate of drug-likeness (QED) is 0.804. The van der Waals surface area contributed by atoms with Crippen LogP contribution in [0.25, 0.3) is 0 Å². The molecule has 2 fully saturated rings. The number of piperidine rings is 1. The third-order valence-electron chi connectivity index (χ3n) is 4.96. The first kappa shape index (κ1) is 15.8. The van der Waals surface area contributed by atoms with Crippen molar-refractivity contribution in [2.24, 2.45) is 11.8 Å². The Hall–Kier alpha value is -2.04. The Kier molecular flexibility index (Phi) is 4.55. The normalized spacial score (nSPS) is 22.5. The van der Waals surface area contributed by atoms with Gasteiger partial charge in [-0.3, -0.25) is 9.59 Å². The molecule has 0 radical (unpaired) electrons. The minimum atomic E-state index is -0.359. The molecule has 0 aromatic heterocycles. The molecule has 124 valence electrons. The molecular weight excluding hydrogens is 292 g/mol. The van der Waals surface area contributed by atoms with Gasteiger partial charge in [-0.25, -0.2) is 0 Å². The van der Waals surface area contributed by atoms with E-state index < -0.39 is 0 Å². The zero-order valence-electron chi connectivity index (χ0n) is 13.8. The number of methoxy groups -OCH3 is 1. The molecular formula is C18H24N2O3. The number of carbonyl (C=O) groups is 2.